The number of Topliss-reactive ketones (excluding diaryl/α,β-unsaturated/α-hetero) is 1. The summed E-state index contributed by atoms with van der Waals surface area (Å²) in [6.07, 6.45) is 4.43. The van der Waals surface area contributed by atoms with Crippen molar-refractivity contribution in [2.24, 2.45) is 11.3 Å². The Labute approximate surface area is 150 Å². The van der Waals surface area contributed by atoms with Crippen molar-refractivity contribution in [3.63, 3.8) is 0 Å². The number of hydrogen-bond acceptors (Lipinski definition) is 3. The largest absolute Gasteiger partial charge is 0.445 e. The van der Waals surface area contributed by atoms with Crippen molar-refractivity contribution < 1.29 is 14.3 Å². The maximum Gasteiger partial charge on any atom is 0.410 e. The summed E-state index contributed by atoms with van der Waals surface area (Å²) in [5, 5.41) is 0. The highest BCUT2D eigenvalue weighted by molar-refractivity contribution is 5.86. The molecule has 2 aliphatic rings. The quantitative estimate of drug-likeness (QED) is 0.807. The van der Waals surface area contributed by atoms with Gasteiger partial charge in [0.25, 0.3) is 0 Å². The van der Waals surface area contributed by atoms with Crippen LogP contribution in [-0.2, 0) is 16.1 Å². The smallest absolute Gasteiger partial charge is 0.410 e. The van der Waals surface area contributed by atoms with Crippen LogP contribution in [0.2, 0.25) is 0 Å². The molecule has 4 heteroatoms. The van der Waals surface area contributed by atoms with Gasteiger partial charge in [-0.3, -0.25) is 4.79 Å². The lowest BCUT2D eigenvalue weighted by atomic mass is 9.72. The SMILES string of the molecule is CC(C)(C)C(=O)C1CC2CCCC(C1)N2C(=O)OCc1ccccc1. The van der Waals surface area contributed by atoms with E-state index in [-0.39, 0.29) is 29.5 Å². The molecular weight excluding hydrogens is 314 g/mol. The fraction of sp³-hybridized carbons (Fsp3) is 0.619. The summed E-state index contributed by atoms with van der Waals surface area (Å²) < 4.78 is 5.57. The monoisotopic (exact) mass is 343 g/mol. The van der Waals surface area contributed by atoms with E-state index >= 15 is 0 Å². The lowest BCUT2D eigenvalue weighted by Gasteiger charge is -2.48. The lowest BCUT2D eigenvalue weighted by Crippen LogP contribution is -2.56. The van der Waals surface area contributed by atoms with E-state index in [0.29, 0.717) is 12.4 Å². The van der Waals surface area contributed by atoms with Crippen molar-refractivity contribution in [3.05, 3.63) is 35.9 Å². The first kappa shape index (κ1) is 18.0. The number of rotatable bonds is 3. The summed E-state index contributed by atoms with van der Waals surface area (Å²) in [4.78, 5) is 27.3. The highest BCUT2D eigenvalue weighted by Gasteiger charge is 2.45. The molecule has 2 saturated heterocycles. The van der Waals surface area contributed by atoms with Crippen LogP contribution < -0.4 is 0 Å². The summed E-state index contributed by atoms with van der Waals surface area (Å²) >= 11 is 0. The van der Waals surface area contributed by atoms with E-state index in [2.05, 4.69) is 0 Å². The van der Waals surface area contributed by atoms with Crippen LogP contribution in [0.5, 0.6) is 0 Å². The van der Waals surface area contributed by atoms with Crippen molar-refractivity contribution in [3.8, 4) is 0 Å². The van der Waals surface area contributed by atoms with Crippen molar-refractivity contribution in [1.29, 1.82) is 0 Å². The zero-order chi connectivity index (χ0) is 18.0. The Morgan fingerprint density at radius 1 is 1.08 bits per heavy atom. The molecule has 0 N–H and O–H groups in total. The normalized spacial score (nSPS) is 26.2. The minimum atomic E-state index is -0.311. The number of ketones is 1. The van der Waals surface area contributed by atoms with Crippen LogP contribution >= 0.6 is 0 Å². The minimum Gasteiger partial charge on any atom is -0.445 e. The second-order valence-corrected chi connectivity index (χ2v) is 8.47. The molecule has 2 bridgehead atoms. The predicted octanol–water partition coefficient (Wildman–Crippen LogP) is 4.57. The van der Waals surface area contributed by atoms with Crippen LogP contribution in [0.3, 0.4) is 0 Å². The standard InChI is InChI=1S/C21H29NO3/c1-21(2,3)19(23)16-12-17-10-7-11-18(13-16)22(17)20(24)25-14-15-8-5-4-6-9-15/h4-6,8-9,16-18H,7,10-14H2,1-3H3. The van der Waals surface area contributed by atoms with Crippen LogP contribution in [-0.4, -0.2) is 28.9 Å². The van der Waals surface area contributed by atoms with E-state index in [1.165, 1.54) is 0 Å². The number of fused-ring (bicyclic) bond motifs is 2. The van der Waals surface area contributed by atoms with Gasteiger partial charge in [-0.25, -0.2) is 4.79 Å². The van der Waals surface area contributed by atoms with Gasteiger partial charge < -0.3 is 9.64 Å². The molecule has 0 spiro atoms. The first-order valence-corrected chi connectivity index (χ1v) is 9.39. The minimum absolute atomic E-state index is 0.0773. The van der Waals surface area contributed by atoms with Gasteiger partial charge in [-0.1, -0.05) is 51.1 Å². The van der Waals surface area contributed by atoms with E-state index in [1.807, 2.05) is 56.0 Å². The molecule has 0 radical (unpaired) electrons. The number of benzene rings is 1. The maximum absolute atomic E-state index is 12.7. The highest BCUT2D eigenvalue weighted by atomic mass is 16.6. The molecule has 2 unspecified atom stereocenters. The summed E-state index contributed by atoms with van der Waals surface area (Å²) in [6.45, 7) is 6.28. The molecule has 0 aliphatic carbocycles. The van der Waals surface area contributed by atoms with Gasteiger partial charge in [-0.15, -0.1) is 0 Å². The topological polar surface area (TPSA) is 46.6 Å². The molecule has 2 fully saturated rings. The predicted molar refractivity (Wildman–Crippen MR) is 97.1 cm³/mol. The molecular formula is C21H29NO3. The van der Waals surface area contributed by atoms with Gasteiger partial charge in [0.15, 0.2) is 0 Å². The number of amides is 1. The van der Waals surface area contributed by atoms with Crippen molar-refractivity contribution >= 4 is 11.9 Å². The molecule has 0 saturated carbocycles. The fourth-order valence-corrected chi connectivity index (χ4v) is 4.30. The molecule has 4 nitrogen and oxygen atoms in total. The summed E-state index contributed by atoms with van der Waals surface area (Å²) in [5.74, 6) is 0.412. The van der Waals surface area contributed by atoms with Gasteiger partial charge in [0.1, 0.15) is 12.4 Å². The molecule has 25 heavy (non-hydrogen) atoms. The average Bonchev–Trinajstić information content (AvgIpc) is 2.58. The number of carbonyl (C=O) groups excluding carboxylic acids is 2. The molecule has 2 aliphatic heterocycles. The van der Waals surface area contributed by atoms with Crippen LogP contribution in [0.15, 0.2) is 30.3 Å². The first-order valence-electron chi connectivity index (χ1n) is 9.39. The van der Waals surface area contributed by atoms with Crippen LogP contribution in [0.1, 0.15) is 58.4 Å². The average molecular weight is 343 g/mol. The zero-order valence-corrected chi connectivity index (χ0v) is 15.5. The summed E-state index contributed by atoms with van der Waals surface area (Å²) in [6, 6.07) is 10.1. The Morgan fingerprint density at radius 3 is 2.24 bits per heavy atom. The van der Waals surface area contributed by atoms with Crippen LogP contribution in [0.4, 0.5) is 4.79 Å². The highest BCUT2D eigenvalue weighted by Crippen LogP contribution is 2.40. The van der Waals surface area contributed by atoms with Crippen LogP contribution in [0, 0.1) is 11.3 Å². The fourth-order valence-electron chi connectivity index (χ4n) is 4.30. The lowest BCUT2D eigenvalue weighted by molar-refractivity contribution is -0.134. The maximum atomic E-state index is 12.7. The van der Waals surface area contributed by atoms with Crippen LogP contribution in [0.25, 0.3) is 0 Å². The van der Waals surface area contributed by atoms with Gasteiger partial charge in [0, 0.05) is 23.4 Å². The van der Waals surface area contributed by atoms with Crippen molar-refractivity contribution in [2.75, 3.05) is 0 Å². The Kier molecular flexibility index (Phi) is 5.16. The summed E-state index contributed by atoms with van der Waals surface area (Å²) in [7, 11) is 0. The van der Waals surface area contributed by atoms with Gasteiger partial charge in [0.05, 0.1) is 0 Å². The molecule has 136 valence electrons. The van der Waals surface area contributed by atoms with Gasteiger partial charge in [-0.2, -0.15) is 0 Å². The molecule has 1 amide bonds. The second kappa shape index (κ2) is 7.19. The molecule has 1 aromatic carbocycles. The number of ether oxygens (including phenoxy) is 1. The molecule has 3 rings (SSSR count). The molecule has 1 aromatic rings. The zero-order valence-electron chi connectivity index (χ0n) is 15.5. The third-order valence-corrected chi connectivity index (χ3v) is 5.50. The Bertz CT molecular complexity index is 606. The van der Waals surface area contributed by atoms with Gasteiger partial charge in [0.2, 0.25) is 0 Å². The van der Waals surface area contributed by atoms with Crippen molar-refractivity contribution in [1.82, 2.24) is 4.90 Å². The Morgan fingerprint density at radius 2 is 1.68 bits per heavy atom. The van der Waals surface area contributed by atoms with E-state index in [0.717, 1.165) is 37.7 Å². The second-order valence-electron chi connectivity index (χ2n) is 8.47. The Balaban J connectivity index is 1.65. The van der Waals surface area contributed by atoms with Gasteiger partial charge >= 0.3 is 6.09 Å². The first-order chi connectivity index (χ1) is 11.9. The number of nitrogens with zero attached hydrogens (tertiary/aromatic N) is 1. The van der Waals surface area contributed by atoms with Crippen molar-refractivity contribution in [2.45, 2.75) is 71.6 Å². The number of carbonyl (C=O) groups is 2. The Hall–Kier alpha value is -1.84. The van der Waals surface area contributed by atoms with E-state index < -0.39 is 0 Å². The third-order valence-electron chi connectivity index (χ3n) is 5.50. The third kappa shape index (κ3) is 4.05. The number of piperidine rings is 2. The molecule has 0 aromatic heterocycles. The summed E-state index contributed by atoms with van der Waals surface area (Å²) in [5.41, 5.74) is 0.688. The van der Waals surface area contributed by atoms with E-state index in [4.69, 9.17) is 4.74 Å². The van der Waals surface area contributed by atoms with Gasteiger partial charge in [-0.05, 0) is 37.7 Å². The van der Waals surface area contributed by atoms with E-state index in [1.54, 1.807) is 0 Å². The molecule has 2 heterocycles. The molecule has 2 atom stereocenters. The number of hydrogen-bond donors (Lipinski definition) is 0. The van der Waals surface area contributed by atoms with E-state index in [9.17, 15) is 9.59 Å².